The summed E-state index contributed by atoms with van der Waals surface area (Å²) in [4.78, 5) is 28.1. The molecule has 0 radical (unpaired) electrons. The third-order valence-corrected chi connectivity index (χ3v) is 6.56. The minimum atomic E-state index is -1.36. The molecule has 6 heteroatoms. The summed E-state index contributed by atoms with van der Waals surface area (Å²) in [6.45, 7) is 0. The van der Waals surface area contributed by atoms with Gasteiger partial charge in [-0.1, -0.05) is 49.1 Å². The van der Waals surface area contributed by atoms with Crippen LogP contribution in [0.1, 0.15) is 37.0 Å². The molecule has 2 N–H and O–H groups in total. The van der Waals surface area contributed by atoms with Crippen molar-refractivity contribution in [3.05, 3.63) is 51.7 Å². The number of carbonyl (C=O) groups excluding carboxylic acids is 2. The predicted molar refractivity (Wildman–Crippen MR) is 110 cm³/mol. The van der Waals surface area contributed by atoms with E-state index in [1.165, 1.54) is 16.2 Å². The van der Waals surface area contributed by atoms with E-state index in [1.807, 2.05) is 17.5 Å². The van der Waals surface area contributed by atoms with E-state index in [-0.39, 0.29) is 5.92 Å². The minimum Gasteiger partial charge on any atom is -0.367 e. The number of thiophene rings is 1. The van der Waals surface area contributed by atoms with Gasteiger partial charge in [-0.05, 0) is 48.3 Å². The minimum absolute atomic E-state index is 0.129. The van der Waals surface area contributed by atoms with Gasteiger partial charge >= 0.3 is 5.91 Å². The van der Waals surface area contributed by atoms with Gasteiger partial charge in [-0.15, -0.1) is 17.8 Å². The Morgan fingerprint density at radius 1 is 1.19 bits per heavy atom. The molecule has 1 aromatic carbocycles. The maximum Gasteiger partial charge on any atom is 0.303 e. The van der Waals surface area contributed by atoms with E-state index in [0.29, 0.717) is 15.6 Å². The highest BCUT2D eigenvalue weighted by Gasteiger charge is 2.54. The second-order valence-corrected chi connectivity index (χ2v) is 8.03. The molecule has 4 nitrogen and oxygen atoms in total. The lowest BCUT2D eigenvalue weighted by Gasteiger charge is -2.46. The second kappa shape index (κ2) is 8.16. The Labute approximate surface area is 168 Å². The zero-order valence-corrected chi connectivity index (χ0v) is 16.4. The highest BCUT2D eigenvalue weighted by atomic mass is 35.5. The lowest BCUT2D eigenvalue weighted by molar-refractivity contribution is -0.129. The van der Waals surface area contributed by atoms with Gasteiger partial charge in [0.05, 0.1) is 10.7 Å². The van der Waals surface area contributed by atoms with Gasteiger partial charge in [-0.2, -0.15) is 0 Å². The Kier molecular flexibility index (Phi) is 5.88. The Bertz CT molecular complexity index is 869. The number of para-hydroxylation sites is 1. The number of primary amides is 1. The molecule has 0 aliphatic heterocycles. The number of terminal acetylenes is 1. The lowest BCUT2D eigenvalue weighted by atomic mass is 9.71. The normalized spacial score (nSPS) is 16.9. The SMILES string of the molecule is C#CC(=O)N(c1ccccc1Cl)C(C(N)=O)(c1cccs1)C1CCCCC1. The third kappa shape index (κ3) is 3.36. The molecule has 2 amide bonds. The van der Waals surface area contributed by atoms with Crippen LogP contribution in [0, 0.1) is 18.3 Å². The fourth-order valence-electron chi connectivity index (χ4n) is 4.10. The first-order valence-electron chi connectivity index (χ1n) is 8.92. The first-order valence-corrected chi connectivity index (χ1v) is 10.2. The highest BCUT2D eigenvalue weighted by molar-refractivity contribution is 7.10. The van der Waals surface area contributed by atoms with Crippen LogP contribution in [-0.4, -0.2) is 11.8 Å². The van der Waals surface area contributed by atoms with Crippen molar-refractivity contribution in [3.63, 3.8) is 0 Å². The van der Waals surface area contributed by atoms with Gasteiger partial charge < -0.3 is 5.73 Å². The topological polar surface area (TPSA) is 63.4 Å². The number of amides is 2. The molecule has 0 saturated heterocycles. The maximum absolute atomic E-state index is 13.1. The van der Waals surface area contributed by atoms with Crippen molar-refractivity contribution in [3.8, 4) is 12.3 Å². The van der Waals surface area contributed by atoms with Gasteiger partial charge in [0.2, 0.25) is 5.91 Å². The molecule has 1 aromatic heterocycles. The number of halogens is 1. The van der Waals surface area contributed by atoms with Crippen LogP contribution in [0.4, 0.5) is 5.69 Å². The average Bonchev–Trinajstić information content (AvgIpc) is 3.21. The summed E-state index contributed by atoms with van der Waals surface area (Å²) in [5.74, 6) is 0.841. The standard InChI is InChI=1S/C21H21ClN2O2S/c1-2-19(25)24(17-12-7-6-11-16(17)22)21(20(23)26,18-13-8-14-27-18)15-9-4-3-5-10-15/h1,6-8,11-15H,3-5,9-10H2,(H2,23,26). The quantitative estimate of drug-likeness (QED) is 0.759. The van der Waals surface area contributed by atoms with Gasteiger partial charge in [-0.25, -0.2) is 0 Å². The zero-order valence-electron chi connectivity index (χ0n) is 14.9. The molecule has 1 heterocycles. The van der Waals surface area contributed by atoms with Crippen molar-refractivity contribution >= 4 is 40.4 Å². The van der Waals surface area contributed by atoms with Gasteiger partial charge in [0.1, 0.15) is 0 Å². The van der Waals surface area contributed by atoms with Crippen molar-refractivity contribution in [2.24, 2.45) is 11.7 Å². The summed E-state index contributed by atoms with van der Waals surface area (Å²) in [6, 6.07) is 10.6. The molecule has 1 unspecified atom stereocenters. The van der Waals surface area contributed by atoms with Crippen molar-refractivity contribution in [2.75, 3.05) is 4.90 Å². The van der Waals surface area contributed by atoms with Crippen LogP contribution in [0.3, 0.4) is 0 Å². The summed E-state index contributed by atoms with van der Waals surface area (Å²) >= 11 is 7.82. The summed E-state index contributed by atoms with van der Waals surface area (Å²) in [5, 5.41) is 2.22. The fraction of sp³-hybridized carbons (Fsp3) is 0.333. The first-order chi connectivity index (χ1) is 13.0. The number of nitrogens with zero attached hydrogens (tertiary/aromatic N) is 1. The molecule has 1 aliphatic rings. The van der Waals surface area contributed by atoms with Crippen molar-refractivity contribution < 1.29 is 9.59 Å². The smallest absolute Gasteiger partial charge is 0.303 e. The molecule has 1 saturated carbocycles. The molecule has 0 bridgehead atoms. The van der Waals surface area contributed by atoms with Crippen molar-refractivity contribution in [2.45, 2.75) is 37.6 Å². The van der Waals surface area contributed by atoms with Crippen LogP contribution in [-0.2, 0) is 15.1 Å². The second-order valence-electron chi connectivity index (χ2n) is 6.68. The number of anilines is 1. The Hall–Kier alpha value is -2.29. The van der Waals surface area contributed by atoms with E-state index in [1.54, 1.807) is 24.3 Å². The molecule has 3 rings (SSSR count). The van der Waals surface area contributed by atoms with E-state index in [2.05, 4.69) is 5.92 Å². The Balaban J connectivity index is 2.32. The van der Waals surface area contributed by atoms with E-state index in [9.17, 15) is 9.59 Å². The molecule has 0 spiro atoms. The van der Waals surface area contributed by atoms with Crippen LogP contribution in [0.25, 0.3) is 0 Å². The zero-order chi connectivity index (χ0) is 19.4. The van der Waals surface area contributed by atoms with E-state index >= 15 is 0 Å². The number of hydrogen-bond acceptors (Lipinski definition) is 3. The van der Waals surface area contributed by atoms with Crippen LogP contribution < -0.4 is 10.6 Å². The predicted octanol–water partition coefficient (Wildman–Crippen LogP) is 4.33. The molecule has 1 fully saturated rings. The van der Waals surface area contributed by atoms with E-state index in [4.69, 9.17) is 23.8 Å². The first kappa shape index (κ1) is 19.5. The largest absolute Gasteiger partial charge is 0.367 e. The van der Waals surface area contributed by atoms with Crippen LogP contribution in [0.5, 0.6) is 0 Å². The Morgan fingerprint density at radius 3 is 2.44 bits per heavy atom. The third-order valence-electron chi connectivity index (χ3n) is 5.24. The van der Waals surface area contributed by atoms with Crippen molar-refractivity contribution in [1.82, 2.24) is 0 Å². The van der Waals surface area contributed by atoms with Gasteiger partial charge in [0.15, 0.2) is 5.54 Å². The fourth-order valence-corrected chi connectivity index (χ4v) is 5.32. The number of nitrogens with two attached hydrogens (primary N) is 1. The summed E-state index contributed by atoms with van der Waals surface area (Å²) in [5.41, 5.74) is 5.08. The number of hydrogen-bond donors (Lipinski definition) is 1. The lowest BCUT2D eigenvalue weighted by Crippen LogP contribution is -2.61. The molecule has 140 valence electrons. The molecular weight excluding hydrogens is 380 g/mol. The molecule has 1 aliphatic carbocycles. The number of carbonyl (C=O) groups is 2. The van der Waals surface area contributed by atoms with Gasteiger partial charge in [0.25, 0.3) is 0 Å². The summed E-state index contributed by atoms with van der Waals surface area (Å²) in [6.07, 6.45) is 10.1. The summed E-state index contributed by atoms with van der Waals surface area (Å²) < 4.78 is 0. The monoisotopic (exact) mass is 400 g/mol. The van der Waals surface area contributed by atoms with Gasteiger partial charge in [-0.3, -0.25) is 14.5 Å². The van der Waals surface area contributed by atoms with Gasteiger partial charge in [0, 0.05) is 4.88 Å². The van der Waals surface area contributed by atoms with Crippen LogP contribution in [0.15, 0.2) is 41.8 Å². The average molecular weight is 401 g/mol. The van der Waals surface area contributed by atoms with E-state index < -0.39 is 17.4 Å². The Morgan fingerprint density at radius 2 is 1.89 bits per heavy atom. The highest BCUT2D eigenvalue weighted by Crippen LogP contribution is 2.48. The maximum atomic E-state index is 13.1. The number of rotatable bonds is 5. The molecule has 1 atom stereocenters. The molecule has 27 heavy (non-hydrogen) atoms. The number of benzene rings is 1. The van der Waals surface area contributed by atoms with Crippen molar-refractivity contribution in [1.29, 1.82) is 0 Å². The van der Waals surface area contributed by atoms with Crippen LogP contribution >= 0.6 is 22.9 Å². The van der Waals surface area contributed by atoms with Crippen LogP contribution in [0.2, 0.25) is 5.02 Å². The molecule has 2 aromatic rings. The van der Waals surface area contributed by atoms with E-state index in [0.717, 1.165) is 32.1 Å². The summed E-state index contributed by atoms with van der Waals surface area (Å²) in [7, 11) is 0. The molecular formula is C21H21ClN2O2S.